The molecule has 2 aromatic heterocycles. The fraction of sp³-hybridized carbons (Fsp3) is 0.364. The molecule has 0 saturated carbocycles. The molecule has 0 amide bonds. The summed E-state index contributed by atoms with van der Waals surface area (Å²) in [5, 5.41) is 7.96. The Labute approximate surface area is 109 Å². The van der Waals surface area contributed by atoms with Crippen LogP contribution in [0.3, 0.4) is 0 Å². The predicted octanol–water partition coefficient (Wildman–Crippen LogP) is 1.92. The lowest BCUT2D eigenvalue weighted by molar-refractivity contribution is 0.112. The highest BCUT2D eigenvalue weighted by atomic mass is 35.5. The summed E-state index contributed by atoms with van der Waals surface area (Å²) in [6.45, 7) is 4.45. The topological polar surface area (TPSA) is 73.6 Å². The van der Waals surface area contributed by atoms with Gasteiger partial charge >= 0.3 is 0 Å². The van der Waals surface area contributed by atoms with Gasteiger partial charge in [-0.2, -0.15) is 0 Å². The highest BCUT2D eigenvalue weighted by molar-refractivity contribution is 6.32. The first kappa shape index (κ1) is 12.6. The number of hydrogen-bond donors (Lipinski definition) is 0. The minimum absolute atomic E-state index is 0.150. The van der Waals surface area contributed by atoms with Crippen molar-refractivity contribution in [3.8, 4) is 11.4 Å². The van der Waals surface area contributed by atoms with Crippen LogP contribution >= 0.6 is 11.6 Å². The Hall–Kier alpha value is -1.82. The smallest absolute Gasteiger partial charge is 0.155 e. The molecular weight excluding hydrogens is 254 g/mol. The first-order chi connectivity index (χ1) is 8.67. The van der Waals surface area contributed by atoms with Crippen molar-refractivity contribution in [2.24, 2.45) is 0 Å². The molecule has 2 aromatic rings. The number of aldehydes is 1. The molecule has 0 aliphatic heterocycles. The summed E-state index contributed by atoms with van der Waals surface area (Å²) in [7, 11) is 0. The van der Waals surface area contributed by atoms with Gasteiger partial charge in [-0.1, -0.05) is 23.7 Å². The first-order valence-electron chi connectivity index (χ1n) is 5.55. The molecule has 18 heavy (non-hydrogen) atoms. The van der Waals surface area contributed by atoms with Crippen LogP contribution in [0.1, 0.15) is 29.5 Å². The third-order valence-corrected chi connectivity index (χ3v) is 2.71. The van der Waals surface area contributed by atoms with Gasteiger partial charge in [0.2, 0.25) is 0 Å². The van der Waals surface area contributed by atoms with E-state index in [1.54, 1.807) is 17.8 Å². The van der Waals surface area contributed by atoms with E-state index in [0.29, 0.717) is 30.0 Å². The SMILES string of the molecule is CCCn1nncc1-c1nc(C)nc(Cl)c1C=O. The van der Waals surface area contributed by atoms with Gasteiger partial charge in [-0.05, 0) is 13.3 Å². The molecule has 0 aliphatic carbocycles. The van der Waals surface area contributed by atoms with Crippen molar-refractivity contribution >= 4 is 17.9 Å². The van der Waals surface area contributed by atoms with Crippen LogP contribution in [0.5, 0.6) is 0 Å². The lowest BCUT2D eigenvalue weighted by Gasteiger charge is -2.08. The van der Waals surface area contributed by atoms with Crippen LogP contribution in [0, 0.1) is 6.92 Å². The summed E-state index contributed by atoms with van der Waals surface area (Å²) >= 11 is 5.95. The van der Waals surface area contributed by atoms with E-state index in [-0.39, 0.29) is 10.7 Å². The molecule has 6 nitrogen and oxygen atoms in total. The van der Waals surface area contributed by atoms with Crippen molar-refractivity contribution in [1.29, 1.82) is 0 Å². The summed E-state index contributed by atoms with van der Waals surface area (Å²) in [5.74, 6) is 0.504. The molecule has 0 unspecified atom stereocenters. The highest BCUT2D eigenvalue weighted by Crippen LogP contribution is 2.24. The summed E-state index contributed by atoms with van der Waals surface area (Å²) < 4.78 is 1.70. The number of hydrogen-bond acceptors (Lipinski definition) is 5. The van der Waals surface area contributed by atoms with E-state index in [1.807, 2.05) is 6.92 Å². The van der Waals surface area contributed by atoms with Crippen molar-refractivity contribution in [2.45, 2.75) is 26.8 Å². The van der Waals surface area contributed by atoms with Crippen molar-refractivity contribution < 1.29 is 4.79 Å². The van der Waals surface area contributed by atoms with Gasteiger partial charge in [0.15, 0.2) is 6.29 Å². The normalized spacial score (nSPS) is 10.6. The number of rotatable bonds is 4. The Morgan fingerprint density at radius 2 is 2.22 bits per heavy atom. The lowest BCUT2D eigenvalue weighted by atomic mass is 10.2. The first-order valence-corrected chi connectivity index (χ1v) is 5.93. The van der Waals surface area contributed by atoms with Crippen molar-refractivity contribution in [2.75, 3.05) is 0 Å². The van der Waals surface area contributed by atoms with E-state index >= 15 is 0 Å². The number of nitrogens with zero attached hydrogens (tertiary/aromatic N) is 5. The Morgan fingerprint density at radius 1 is 1.44 bits per heavy atom. The molecule has 7 heteroatoms. The molecular formula is C11H12ClN5O. The quantitative estimate of drug-likeness (QED) is 0.624. The van der Waals surface area contributed by atoms with Gasteiger partial charge in [-0.25, -0.2) is 14.6 Å². The van der Waals surface area contributed by atoms with Crippen molar-refractivity contribution in [3.63, 3.8) is 0 Å². The van der Waals surface area contributed by atoms with E-state index in [1.165, 1.54) is 0 Å². The number of carbonyl (C=O) groups excluding carboxylic acids is 1. The largest absolute Gasteiger partial charge is 0.298 e. The second kappa shape index (κ2) is 5.22. The van der Waals surface area contributed by atoms with Crippen LogP contribution in [0.15, 0.2) is 6.20 Å². The van der Waals surface area contributed by atoms with E-state index in [4.69, 9.17) is 11.6 Å². The minimum atomic E-state index is 0.150. The van der Waals surface area contributed by atoms with Crippen molar-refractivity contribution in [3.05, 3.63) is 22.7 Å². The van der Waals surface area contributed by atoms with Crippen LogP contribution in [-0.4, -0.2) is 31.2 Å². The van der Waals surface area contributed by atoms with Crippen LogP contribution in [0.2, 0.25) is 5.15 Å². The molecule has 0 saturated heterocycles. The van der Waals surface area contributed by atoms with Gasteiger partial charge in [0, 0.05) is 6.54 Å². The monoisotopic (exact) mass is 265 g/mol. The Morgan fingerprint density at radius 3 is 2.89 bits per heavy atom. The fourth-order valence-corrected chi connectivity index (χ4v) is 1.92. The van der Waals surface area contributed by atoms with Gasteiger partial charge in [0.25, 0.3) is 0 Å². The maximum atomic E-state index is 11.1. The zero-order valence-corrected chi connectivity index (χ0v) is 10.8. The predicted molar refractivity (Wildman–Crippen MR) is 66.5 cm³/mol. The standard InChI is InChI=1S/C11H12ClN5O/c1-3-4-17-9(5-13-16-17)10-8(6-18)11(12)15-7(2)14-10/h5-6H,3-4H2,1-2H3. The molecule has 0 atom stereocenters. The number of aryl methyl sites for hydroxylation is 2. The third-order valence-electron chi connectivity index (χ3n) is 2.42. The molecule has 0 aliphatic rings. The van der Waals surface area contributed by atoms with Crippen LogP contribution in [0.25, 0.3) is 11.4 Å². The third kappa shape index (κ3) is 2.24. The summed E-state index contributed by atoms with van der Waals surface area (Å²) in [6.07, 6.45) is 3.13. The van der Waals surface area contributed by atoms with Crippen LogP contribution in [-0.2, 0) is 6.54 Å². The van der Waals surface area contributed by atoms with Gasteiger partial charge < -0.3 is 0 Å². The summed E-state index contributed by atoms with van der Waals surface area (Å²) in [6, 6.07) is 0. The molecule has 0 spiro atoms. The number of aromatic nitrogens is 5. The number of halogens is 1. The second-order valence-corrected chi connectivity index (χ2v) is 4.14. The number of carbonyl (C=O) groups is 1. The van der Waals surface area contributed by atoms with Gasteiger partial charge in [-0.15, -0.1) is 5.10 Å². The molecule has 2 heterocycles. The minimum Gasteiger partial charge on any atom is -0.298 e. The summed E-state index contributed by atoms with van der Waals surface area (Å²) in [5.41, 5.74) is 1.41. The highest BCUT2D eigenvalue weighted by Gasteiger charge is 2.16. The van der Waals surface area contributed by atoms with Gasteiger partial charge in [0.05, 0.1) is 11.8 Å². The Bertz CT molecular complexity index is 581. The maximum absolute atomic E-state index is 11.1. The fourth-order valence-electron chi connectivity index (χ4n) is 1.66. The molecule has 2 rings (SSSR count). The molecule has 94 valence electrons. The molecule has 0 fully saturated rings. The van der Waals surface area contributed by atoms with Crippen LogP contribution < -0.4 is 0 Å². The zero-order valence-electron chi connectivity index (χ0n) is 10.1. The van der Waals surface area contributed by atoms with Crippen molar-refractivity contribution in [1.82, 2.24) is 25.0 Å². The van der Waals surface area contributed by atoms with E-state index < -0.39 is 0 Å². The molecule has 0 radical (unpaired) electrons. The molecule has 0 N–H and O–H groups in total. The Balaban J connectivity index is 2.62. The summed E-state index contributed by atoms with van der Waals surface area (Å²) in [4.78, 5) is 19.3. The second-order valence-electron chi connectivity index (χ2n) is 3.78. The lowest BCUT2D eigenvalue weighted by Crippen LogP contribution is -2.06. The zero-order chi connectivity index (χ0) is 13.1. The van der Waals surface area contributed by atoms with E-state index in [9.17, 15) is 4.79 Å². The van der Waals surface area contributed by atoms with Gasteiger partial charge in [0.1, 0.15) is 22.4 Å². The van der Waals surface area contributed by atoms with E-state index in [2.05, 4.69) is 20.3 Å². The average molecular weight is 266 g/mol. The maximum Gasteiger partial charge on any atom is 0.155 e. The average Bonchev–Trinajstić information content (AvgIpc) is 2.76. The molecule has 0 aromatic carbocycles. The van der Waals surface area contributed by atoms with E-state index in [0.717, 1.165) is 6.42 Å². The molecule has 0 bridgehead atoms. The Kier molecular flexibility index (Phi) is 3.66. The van der Waals surface area contributed by atoms with Crippen LogP contribution in [0.4, 0.5) is 0 Å². The van der Waals surface area contributed by atoms with Gasteiger partial charge in [-0.3, -0.25) is 4.79 Å².